The van der Waals surface area contributed by atoms with E-state index in [-0.39, 0.29) is 0 Å². The van der Waals surface area contributed by atoms with E-state index in [1.165, 1.54) is 22.7 Å². The lowest BCUT2D eigenvalue weighted by atomic mass is 10.1. The third-order valence-electron chi connectivity index (χ3n) is 3.47. The van der Waals surface area contributed by atoms with Crippen LogP contribution in [0.1, 0.15) is 5.56 Å². The van der Waals surface area contributed by atoms with Crippen LogP contribution in [-0.4, -0.2) is 13.7 Å². The summed E-state index contributed by atoms with van der Waals surface area (Å²) in [6, 6.07) is 12.1. The smallest absolute Gasteiger partial charge is 0.129 e. The Labute approximate surface area is 130 Å². The quantitative estimate of drug-likeness (QED) is 0.588. The Morgan fingerprint density at radius 2 is 2.10 bits per heavy atom. The van der Waals surface area contributed by atoms with Crippen molar-refractivity contribution in [1.29, 1.82) is 0 Å². The average Bonchev–Trinajstić information content (AvgIpc) is 3.14. The van der Waals surface area contributed by atoms with Gasteiger partial charge in [-0.3, -0.25) is 0 Å². The monoisotopic (exact) mass is 314 g/mol. The molecule has 0 aliphatic carbocycles. The summed E-state index contributed by atoms with van der Waals surface area (Å²) < 4.78 is 8.55. The number of benzene rings is 2. The van der Waals surface area contributed by atoms with Gasteiger partial charge in [0.2, 0.25) is 0 Å². The summed E-state index contributed by atoms with van der Waals surface area (Å²) in [5.41, 5.74) is 4.85. The first-order chi connectivity index (χ1) is 10.3. The molecule has 0 atom stereocenters. The molecule has 0 saturated heterocycles. The lowest BCUT2D eigenvalue weighted by Gasteiger charge is -2.09. The van der Waals surface area contributed by atoms with Crippen LogP contribution in [0.15, 0.2) is 42.6 Å². The first-order valence-corrected chi connectivity index (χ1v) is 7.63. The molecule has 2 heterocycles. The Kier molecular flexibility index (Phi) is 3.02. The normalized spacial score (nSPS) is 11.3. The molecule has 0 bridgehead atoms. The molecule has 2 aromatic carbocycles. The highest BCUT2D eigenvalue weighted by atomic mass is 35.5. The Bertz CT molecular complexity index is 928. The van der Waals surface area contributed by atoms with Crippen LogP contribution >= 0.6 is 23.3 Å². The van der Waals surface area contributed by atoms with Crippen LogP contribution in [-0.2, 0) is 6.54 Å². The highest BCUT2D eigenvalue weighted by Crippen LogP contribution is 2.30. The van der Waals surface area contributed by atoms with Gasteiger partial charge in [-0.2, -0.15) is 8.75 Å². The maximum Gasteiger partial charge on any atom is 0.129 e. The van der Waals surface area contributed by atoms with E-state index in [4.69, 9.17) is 11.6 Å². The van der Waals surface area contributed by atoms with Crippen LogP contribution in [0.4, 0.5) is 5.69 Å². The SMILES string of the molecule is Clc1ccc2nsnc2c1NCc1ccc2cc[nH]c2c1. The number of hydrogen-bond acceptors (Lipinski definition) is 4. The number of nitrogens with zero attached hydrogens (tertiary/aromatic N) is 2. The third-order valence-corrected chi connectivity index (χ3v) is 4.32. The van der Waals surface area contributed by atoms with E-state index in [2.05, 4.69) is 43.3 Å². The Morgan fingerprint density at radius 1 is 1.14 bits per heavy atom. The lowest BCUT2D eigenvalue weighted by molar-refractivity contribution is 1.16. The van der Waals surface area contributed by atoms with Gasteiger partial charge in [0.15, 0.2) is 0 Å². The zero-order valence-corrected chi connectivity index (χ0v) is 12.5. The average molecular weight is 315 g/mol. The molecule has 2 aromatic heterocycles. The Hall–Kier alpha value is -2.11. The highest BCUT2D eigenvalue weighted by molar-refractivity contribution is 7.00. The molecule has 4 nitrogen and oxygen atoms in total. The molecule has 0 unspecified atom stereocenters. The number of fused-ring (bicyclic) bond motifs is 2. The van der Waals surface area contributed by atoms with Gasteiger partial charge in [-0.15, -0.1) is 0 Å². The molecular formula is C15H11ClN4S. The largest absolute Gasteiger partial charge is 0.378 e. The minimum atomic E-state index is 0.663. The fourth-order valence-electron chi connectivity index (χ4n) is 2.39. The van der Waals surface area contributed by atoms with Crippen molar-refractivity contribution in [3.05, 3.63) is 53.2 Å². The van der Waals surface area contributed by atoms with E-state index in [1.54, 1.807) is 0 Å². The molecule has 0 fully saturated rings. The number of hydrogen-bond donors (Lipinski definition) is 2. The van der Waals surface area contributed by atoms with Crippen LogP contribution in [0, 0.1) is 0 Å². The Balaban J connectivity index is 1.65. The molecular weight excluding hydrogens is 304 g/mol. The predicted molar refractivity (Wildman–Crippen MR) is 88.1 cm³/mol. The molecule has 0 radical (unpaired) electrons. The van der Waals surface area contributed by atoms with Crippen LogP contribution in [0.25, 0.3) is 21.9 Å². The number of aromatic amines is 1. The second-order valence-corrected chi connectivity index (χ2v) is 5.74. The van der Waals surface area contributed by atoms with Crippen molar-refractivity contribution in [2.24, 2.45) is 0 Å². The van der Waals surface area contributed by atoms with Crippen molar-refractivity contribution in [2.45, 2.75) is 6.54 Å². The maximum atomic E-state index is 6.27. The van der Waals surface area contributed by atoms with Gasteiger partial charge >= 0.3 is 0 Å². The molecule has 0 spiro atoms. The van der Waals surface area contributed by atoms with Crippen molar-refractivity contribution >= 4 is 51.0 Å². The molecule has 0 amide bonds. The molecule has 0 saturated carbocycles. The van der Waals surface area contributed by atoms with Gasteiger partial charge in [0, 0.05) is 18.3 Å². The van der Waals surface area contributed by atoms with Gasteiger partial charge in [-0.1, -0.05) is 23.7 Å². The topological polar surface area (TPSA) is 53.6 Å². The van der Waals surface area contributed by atoms with E-state index in [0.717, 1.165) is 22.2 Å². The van der Waals surface area contributed by atoms with Crippen LogP contribution < -0.4 is 5.32 Å². The molecule has 0 aliphatic rings. The van der Waals surface area contributed by atoms with E-state index in [1.807, 2.05) is 18.3 Å². The van der Waals surface area contributed by atoms with E-state index in [0.29, 0.717) is 11.6 Å². The van der Waals surface area contributed by atoms with Gasteiger partial charge < -0.3 is 10.3 Å². The first kappa shape index (κ1) is 12.6. The summed E-state index contributed by atoms with van der Waals surface area (Å²) in [4.78, 5) is 3.22. The first-order valence-electron chi connectivity index (χ1n) is 6.52. The van der Waals surface area contributed by atoms with Crippen LogP contribution in [0.3, 0.4) is 0 Å². The number of anilines is 1. The molecule has 6 heteroatoms. The minimum absolute atomic E-state index is 0.663. The molecule has 2 N–H and O–H groups in total. The molecule has 4 rings (SSSR count). The summed E-state index contributed by atoms with van der Waals surface area (Å²) in [6.45, 7) is 0.686. The molecule has 4 aromatic rings. The van der Waals surface area contributed by atoms with Gasteiger partial charge in [0.05, 0.1) is 22.4 Å². The fourth-order valence-corrected chi connectivity index (χ4v) is 3.15. The number of halogens is 1. The summed E-state index contributed by atoms with van der Waals surface area (Å²) in [5, 5.41) is 5.25. The third kappa shape index (κ3) is 2.24. The summed E-state index contributed by atoms with van der Waals surface area (Å²) in [6.07, 6.45) is 1.94. The van der Waals surface area contributed by atoms with Crippen molar-refractivity contribution < 1.29 is 0 Å². The van der Waals surface area contributed by atoms with Gasteiger partial charge in [-0.05, 0) is 35.2 Å². The van der Waals surface area contributed by atoms with E-state index < -0.39 is 0 Å². The summed E-state index contributed by atoms with van der Waals surface area (Å²) >= 11 is 7.47. The molecule has 0 aliphatic heterocycles. The summed E-state index contributed by atoms with van der Waals surface area (Å²) in [5.74, 6) is 0. The zero-order valence-electron chi connectivity index (χ0n) is 10.9. The van der Waals surface area contributed by atoms with Gasteiger partial charge in [-0.25, -0.2) is 0 Å². The van der Waals surface area contributed by atoms with Crippen LogP contribution in [0.5, 0.6) is 0 Å². The minimum Gasteiger partial charge on any atom is -0.378 e. The van der Waals surface area contributed by atoms with Crippen LogP contribution in [0.2, 0.25) is 5.02 Å². The number of aromatic nitrogens is 3. The molecule has 104 valence electrons. The zero-order chi connectivity index (χ0) is 14.2. The Morgan fingerprint density at radius 3 is 3.05 bits per heavy atom. The summed E-state index contributed by atoms with van der Waals surface area (Å²) in [7, 11) is 0. The van der Waals surface area contributed by atoms with E-state index >= 15 is 0 Å². The lowest BCUT2D eigenvalue weighted by Crippen LogP contribution is -2.00. The standard InChI is InChI=1S/C15H11ClN4S/c16-11-3-4-12-15(20-21-19-12)14(11)18-8-9-1-2-10-5-6-17-13(10)7-9/h1-7,17-18H,8H2. The van der Waals surface area contributed by atoms with Gasteiger partial charge in [0.1, 0.15) is 11.0 Å². The van der Waals surface area contributed by atoms with Crippen molar-refractivity contribution in [3.63, 3.8) is 0 Å². The van der Waals surface area contributed by atoms with Crippen molar-refractivity contribution in [3.8, 4) is 0 Å². The van der Waals surface area contributed by atoms with E-state index in [9.17, 15) is 0 Å². The van der Waals surface area contributed by atoms with Gasteiger partial charge in [0.25, 0.3) is 0 Å². The van der Waals surface area contributed by atoms with Crippen molar-refractivity contribution in [2.75, 3.05) is 5.32 Å². The second-order valence-electron chi connectivity index (χ2n) is 4.81. The second kappa shape index (κ2) is 5.02. The number of nitrogens with one attached hydrogen (secondary N) is 2. The fraction of sp³-hybridized carbons (Fsp3) is 0.0667. The van der Waals surface area contributed by atoms with Crippen molar-refractivity contribution in [1.82, 2.24) is 13.7 Å². The highest BCUT2D eigenvalue weighted by Gasteiger charge is 2.09. The predicted octanol–water partition coefficient (Wildman–Crippen LogP) is 4.44. The molecule has 21 heavy (non-hydrogen) atoms. The maximum absolute atomic E-state index is 6.27. The number of H-pyrrole nitrogens is 1. The number of rotatable bonds is 3.